The van der Waals surface area contributed by atoms with Crippen molar-refractivity contribution in [3.63, 3.8) is 0 Å². The first-order valence-electron chi connectivity index (χ1n) is 9.36. The van der Waals surface area contributed by atoms with Crippen molar-refractivity contribution in [1.82, 2.24) is 19.8 Å². The maximum atomic E-state index is 12.4. The van der Waals surface area contributed by atoms with Crippen LogP contribution < -0.4 is 4.74 Å². The van der Waals surface area contributed by atoms with Gasteiger partial charge in [0.15, 0.2) is 0 Å². The van der Waals surface area contributed by atoms with Gasteiger partial charge < -0.3 is 14.7 Å². The molecular formula is C19H21F3N4O4S. The van der Waals surface area contributed by atoms with Gasteiger partial charge in [-0.2, -0.15) is 13.2 Å². The van der Waals surface area contributed by atoms with Gasteiger partial charge in [0, 0.05) is 49.9 Å². The predicted molar refractivity (Wildman–Crippen MR) is 105 cm³/mol. The van der Waals surface area contributed by atoms with Crippen molar-refractivity contribution in [3.8, 4) is 5.88 Å². The third-order valence-electron chi connectivity index (χ3n) is 5.18. The van der Waals surface area contributed by atoms with Crippen molar-refractivity contribution in [2.24, 2.45) is 11.8 Å². The summed E-state index contributed by atoms with van der Waals surface area (Å²) in [5.41, 5.74) is 3.42. The maximum Gasteiger partial charge on any atom is 0.490 e. The molecule has 2 saturated heterocycles. The standard InChI is InChI=1S/C17H20N4O2S.C2HF3O2/c1-23-16-12(3-2-4-18-16)5-20-6-13-8-21(9-14(13)7-20)17(22)15-10-24-11-19-15;3-2(4,5)1(6)7/h2-4,10-11,13-14H,5-9H2,1H3;(H,6,7)/t13-,14+;. The molecule has 0 unspecified atom stereocenters. The van der Waals surface area contributed by atoms with E-state index in [1.807, 2.05) is 16.3 Å². The monoisotopic (exact) mass is 458 g/mol. The Morgan fingerprint density at radius 3 is 2.39 bits per heavy atom. The van der Waals surface area contributed by atoms with Crippen molar-refractivity contribution >= 4 is 23.2 Å². The van der Waals surface area contributed by atoms with Crippen LogP contribution in [0.25, 0.3) is 0 Å². The lowest BCUT2D eigenvalue weighted by molar-refractivity contribution is -0.192. The van der Waals surface area contributed by atoms with E-state index in [1.165, 1.54) is 11.3 Å². The number of amides is 1. The van der Waals surface area contributed by atoms with Gasteiger partial charge in [-0.15, -0.1) is 11.3 Å². The number of pyridine rings is 1. The number of thiazole rings is 1. The summed E-state index contributed by atoms with van der Waals surface area (Å²) in [4.78, 5) is 34.1. The second kappa shape index (κ2) is 9.60. The summed E-state index contributed by atoms with van der Waals surface area (Å²) >= 11 is 1.47. The van der Waals surface area contributed by atoms with Crippen molar-refractivity contribution in [1.29, 1.82) is 0 Å². The number of likely N-dealkylation sites (tertiary alicyclic amines) is 2. The third kappa shape index (κ3) is 5.70. The lowest BCUT2D eigenvalue weighted by atomic mass is 10.0. The molecule has 31 heavy (non-hydrogen) atoms. The molecular weight excluding hydrogens is 437 g/mol. The van der Waals surface area contributed by atoms with Gasteiger partial charge >= 0.3 is 12.1 Å². The number of fused-ring (bicyclic) bond motifs is 1. The molecule has 0 aromatic carbocycles. The molecule has 2 aliphatic rings. The topological polar surface area (TPSA) is 95.9 Å². The van der Waals surface area contributed by atoms with Crippen LogP contribution in [-0.2, 0) is 11.3 Å². The fourth-order valence-electron chi connectivity index (χ4n) is 3.83. The summed E-state index contributed by atoms with van der Waals surface area (Å²) in [6.45, 7) is 4.56. The molecule has 2 aromatic heterocycles. The van der Waals surface area contributed by atoms with E-state index in [4.69, 9.17) is 14.6 Å². The SMILES string of the molecule is COc1ncccc1CN1C[C@@H]2CN(C(=O)c3cscn3)C[C@@H]2C1.O=C(O)C(F)(F)F. The smallest absolute Gasteiger partial charge is 0.481 e. The fraction of sp³-hybridized carbons (Fsp3) is 0.474. The first-order valence-corrected chi connectivity index (χ1v) is 10.3. The van der Waals surface area contributed by atoms with Crippen LogP contribution in [0.15, 0.2) is 29.2 Å². The largest absolute Gasteiger partial charge is 0.490 e. The van der Waals surface area contributed by atoms with Crippen LogP contribution in [-0.4, -0.2) is 76.2 Å². The Hall–Kier alpha value is -2.73. The molecule has 2 aromatic rings. The summed E-state index contributed by atoms with van der Waals surface area (Å²) in [7, 11) is 1.66. The maximum absolute atomic E-state index is 12.4. The molecule has 0 aliphatic carbocycles. The van der Waals surface area contributed by atoms with E-state index in [2.05, 4.69) is 20.9 Å². The van der Waals surface area contributed by atoms with Gasteiger partial charge in [-0.3, -0.25) is 9.69 Å². The number of methoxy groups -OCH3 is 1. The number of nitrogens with zero attached hydrogens (tertiary/aromatic N) is 4. The van der Waals surface area contributed by atoms with Gasteiger partial charge in [-0.1, -0.05) is 6.07 Å². The Kier molecular flexibility index (Phi) is 7.11. The molecule has 0 radical (unpaired) electrons. The highest BCUT2D eigenvalue weighted by Crippen LogP contribution is 2.33. The molecule has 4 heterocycles. The number of hydrogen-bond acceptors (Lipinski definition) is 7. The van der Waals surface area contributed by atoms with Gasteiger partial charge in [0.05, 0.1) is 12.6 Å². The average Bonchev–Trinajstić information content (AvgIpc) is 3.44. The number of carboxylic acid groups (broad SMARTS) is 1. The van der Waals surface area contributed by atoms with Crippen LogP contribution in [0.2, 0.25) is 0 Å². The number of carboxylic acids is 1. The Bertz CT molecular complexity index is 896. The summed E-state index contributed by atoms with van der Waals surface area (Å²) in [6.07, 6.45) is -3.33. The highest BCUT2D eigenvalue weighted by atomic mass is 32.1. The summed E-state index contributed by atoms with van der Waals surface area (Å²) < 4.78 is 37.1. The van der Waals surface area contributed by atoms with E-state index in [9.17, 15) is 18.0 Å². The van der Waals surface area contributed by atoms with Gasteiger partial charge in [0.2, 0.25) is 5.88 Å². The highest BCUT2D eigenvalue weighted by molar-refractivity contribution is 7.07. The number of aromatic nitrogens is 2. The van der Waals surface area contributed by atoms with E-state index in [-0.39, 0.29) is 5.91 Å². The van der Waals surface area contributed by atoms with Crippen LogP contribution in [0, 0.1) is 11.8 Å². The molecule has 8 nitrogen and oxygen atoms in total. The quantitative estimate of drug-likeness (QED) is 0.752. The van der Waals surface area contributed by atoms with Gasteiger partial charge in [-0.25, -0.2) is 14.8 Å². The molecule has 0 bridgehead atoms. The predicted octanol–water partition coefficient (Wildman–Crippen LogP) is 2.38. The molecule has 2 fully saturated rings. The first-order chi connectivity index (χ1) is 14.7. The Morgan fingerprint density at radius 1 is 1.23 bits per heavy atom. The van der Waals surface area contributed by atoms with Crippen molar-refractivity contribution < 1.29 is 32.6 Å². The Labute approximate surface area is 180 Å². The van der Waals surface area contributed by atoms with Gasteiger partial charge in [0.1, 0.15) is 5.69 Å². The molecule has 2 aliphatic heterocycles. The zero-order valence-corrected chi connectivity index (χ0v) is 17.4. The number of ether oxygens (including phenoxy) is 1. The van der Waals surface area contributed by atoms with Crippen molar-refractivity contribution in [3.05, 3.63) is 40.5 Å². The minimum Gasteiger partial charge on any atom is -0.481 e. The lowest BCUT2D eigenvalue weighted by Crippen LogP contribution is -2.33. The fourth-order valence-corrected chi connectivity index (χ4v) is 4.36. The van der Waals surface area contributed by atoms with Crippen molar-refractivity contribution in [2.45, 2.75) is 12.7 Å². The molecule has 12 heteroatoms. The molecule has 0 saturated carbocycles. The number of carbonyl (C=O) groups is 2. The van der Waals surface area contributed by atoms with Gasteiger partial charge in [0.25, 0.3) is 5.91 Å². The molecule has 4 rings (SSSR count). The molecule has 1 N–H and O–H groups in total. The lowest BCUT2D eigenvalue weighted by Gasteiger charge is -2.21. The first kappa shape index (κ1) is 22.9. The van der Waals surface area contributed by atoms with E-state index < -0.39 is 12.1 Å². The third-order valence-corrected chi connectivity index (χ3v) is 5.77. The minimum absolute atomic E-state index is 0.0751. The van der Waals surface area contributed by atoms with Crippen LogP contribution in [0.1, 0.15) is 16.1 Å². The second-order valence-electron chi connectivity index (χ2n) is 7.27. The summed E-state index contributed by atoms with van der Waals surface area (Å²) in [5.74, 6) is -0.876. The minimum atomic E-state index is -5.08. The van der Waals surface area contributed by atoms with Crippen LogP contribution in [0.3, 0.4) is 0 Å². The summed E-state index contributed by atoms with van der Waals surface area (Å²) in [6, 6.07) is 4.01. The van der Waals surface area contributed by atoms with E-state index in [0.29, 0.717) is 23.4 Å². The normalized spacial score (nSPS) is 20.7. The van der Waals surface area contributed by atoms with E-state index >= 15 is 0 Å². The van der Waals surface area contributed by atoms with Crippen LogP contribution >= 0.6 is 11.3 Å². The van der Waals surface area contributed by atoms with Crippen LogP contribution in [0.4, 0.5) is 13.2 Å². The van der Waals surface area contributed by atoms with Crippen LogP contribution in [0.5, 0.6) is 5.88 Å². The number of aliphatic carboxylic acids is 1. The molecule has 0 spiro atoms. The number of carbonyl (C=O) groups excluding carboxylic acids is 1. The second-order valence-corrected chi connectivity index (χ2v) is 7.99. The van der Waals surface area contributed by atoms with Gasteiger partial charge in [-0.05, 0) is 17.9 Å². The number of hydrogen-bond donors (Lipinski definition) is 1. The number of alkyl halides is 3. The number of rotatable bonds is 4. The Morgan fingerprint density at radius 2 is 1.87 bits per heavy atom. The Balaban J connectivity index is 0.000000339. The zero-order chi connectivity index (χ0) is 22.6. The zero-order valence-electron chi connectivity index (χ0n) is 16.6. The molecule has 1 amide bonds. The van der Waals surface area contributed by atoms with Crippen molar-refractivity contribution in [2.75, 3.05) is 33.3 Å². The molecule has 2 atom stereocenters. The highest BCUT2D eigenvalue weighted by Gasteiger charge is 2.42. The van der Waals surface area contributed by atoms with E-state index in [1.54, 1.807) is 18.8 Å². The number of halogens is 3. The average molecular weight is 458 g/mol. The van der Waals surface area contributed by atoms with E-state index in [0.717, 1.165) is 38.3 Å². The molecule has 168 valence electrons. The summed E-state index contributed by atoms with van der Waals surface area (Å²) in [5, 5.41) is 8.96.